The molecule has 0 unspecified atom stereocenters. The molecule has 0 aliphatic carbocycles. The Morgan fingerprint density at radius 1 is 1.28 bits per heavy atom. The fourth-order valence-electron chi connectivity index (χ4n) is 1.60. The Hall–Kier alpha value is -1.10. The zero-order valence-corrected chi connectivity index (χ0v) is 12.1. The summed E-state index contributed by atoms with van der Waals surface area (Å²) >= 11 is 3.33. The minimum atomic E-state index is -0.416. The number of nitro benzene ring substituents is 1. The smallest absolute Gasteiger partial charge is 0.273 e. The van der Waals surface area contributed by atoms with Gasteiger partial charge in [0.25, 0.3) is 5.69 Å². The van der Waals surface area contributed by atoms with Gasteiger partial charge in [-0.25, -0.2) is 0 Å². The largest absolute Gasteiger partial charge is 0.492 e. The van der Waals surface area contributed by atoms with Crippen molar-refractivity contribution in [2.75, 3.05) is 6.61 Å². The highest BCUT2D eigenvalue weighted by Gasteiger charge is 2.10. The summed E-state index contributed by atoms with van der Waals surface area (Å²) in [5, 5.41) is 10.6. The first-order chi connectivity index (χ1) is 8.65. The lowest BCUT2D eigenvalue weighted by atomic mass is 10.2. The fourth-order valence-corrected chi connectivity index (χ4v) is 1.97. The van der Waals surface area contributed by atoms with E-state index in [0.29, 0.717) is 12.4 Å². The summed E-state index contributed by atoms with van der Waals surface area (Å²) in [6, 6.07) is 4.55. The third-order valence-corrected chi connectivity index (χ3v) is 3.29. The Morgan fingerprint density at radius 3 is 2.67 bits per heavy atom. The Bertz CT molecular complexity index is 396. The van der Waals surface area contributed by atoms with Gasteiger partial charge in [0.2, 0.25) is 0 Å². The molecular weight excluding hydrogens is 298 g/mol. The first-order valence-electron chi connectivity index (χ1n) is 6.22. The first-order valence-corrected chi connectivity index (χ1v) is 7.01. The second kappa shape index (κ2) is 8.08. The Labute approximate surface area is 116 Å². The summed E-state index contributed by atoms with van der Waals surface area (Å²) in [6.45, 7) is 2.78. The molecule has 0 fully saturated rings. The van der Waals surface area contributed by atoms with Crippen molar-refractivity contribution < 1.29 is 9.66 Å². The van der Waals surface area contributed by atoms with Gasteiger partial charge in [-0.15, -0.1) is 0 Å². The van der Waals surface area contributed by atoms with Crippen LogP contribution in [0, 0.1) is 10.1 Å². The molecule has 0 N–H and O–H groups in total. The van der Waals surface area contributed by atoms with Crippen molar-refractivity contribution in [3.8, 4) is 5.75 Å². The lowest BCUT2D eigenvalue weighted by molar-refractivity contribution is -0.385. The molecule has 0 aliphatic rings. The van der Waals surface area contributed by atoms with E-state index >= 15 is 0 Å². The molecular formula is C13H18BrNO3. The van der Waals surface area contributed by atoms with Crippen LogP contribution in [0.5, 0.6) is 5.75 Å². The van der Waals surface area contributed by atoms with E-state index in [1.807, 2.05) is 0 Å². The second-order valence-corrected chi connectivity index (χ2v) is 4.99. The van der Waals surface area contributed by atoms with E-state index in [4.69, 9.17) is 4.74 Å². The Kier molecular flexibility index (Phi) is 6.72. The molecule has 100 valence electrons. The number of ether oxygens (including phenoxy) is 1. The van der Waals surface area contributed by atoms with Gasteiger partial charge in [0, 0.05) is 6.07 Å². The summed E-state index contributed by atoms with van der Waals surface area (Å²) in [7, 11) is 0. The van der Waals surface area contributed by atoms with Crippen LogP contribution in [0.2, 0.25) is 0 Å². The zero-order valence-electron chi connectivity index (χ0n) is 10.5. The van der Waals surface area contributed by atoms with E-state index in [1.165, 1.54) is 31.4 Å². The topological polar surface area (TPSA) is 52.4 Å². The average Bonchev–Trinajstić information content (AvgIpc) is 2.35. The number of nitro groups is 1. The molecule has 0 bridgehead atoms. The molecule has 0 atom stereocenters. The van der Waals surface area contributed by atoms with Gasteiger partial charge in [-0.1, -0.05) is 32.6 Å². The van der Waals surface area contributed by atoms with Crippen LogP contribution in [0.15, 0.2) is 22.7 Å². The normalized spacial score (nSPS) is 10.3. The molecule has 0 amide bonds. The van der Waals surface area contributed by atoms with Gasteiger partial charge in [-0.2, -0.15) is 0 Å². The van der Waals surface area contributed by atoms with Gasteiger partial charge >= 0.3 is 0 Å². The molecule has 1 aromatic rings. The zero-order chi connectivity index (χ0) is 13.4. The van der Waals surface area contributed by atoms with Crippen molar-refractivity contribution in [2.45, 2.75) is 39.0 Å². The van der Waals surface area contributed by atoms with Crippen LogP contribution in [0.25, 0.3) is 0 Å². The quantitative estimate of drug-likeness (QED) is 0.396. The van der Waals surface area contributed by atoms with Crippen LogP contribution in [0.3, 0.4) is 0 Å². The van der Waals surface area contributed by atoms with Gasteiger partial charge in [0.05, 0.1) is 22.1 Å². The van der Waals surface area contributed by atoms with Crippen LogP contribution >= 0.6 is 15.9 Å². The summed E-state index contributed by atoms with van der Waals surface area (Å²) < 4.78 is 6.31. The van der Waals surface area contributed by atoms with E-state index < -0.39 is 4.92 Å². The first kappa shape index (κ1) is 15.0. The Balaban J connectivity index is 2.41. The van der Waals surface area contributed by atoms with E-state index in [9.17, 15) is 10.1 Å². The van der Waals surface area contributed by atoms with Crippen molar-refractivity contribution in [3.05, 3.63) is 32.8 Å². The van der Waals surface area contributed by atoms with Gasteiger partial charge < -0.3 is 4.74 Å². The lowest BCUT2D eigenvalue weighted by Gasteiger charge is -2.07. The number of hydrogen-bond donors (Lipinski definition) is 0. The molecule has 0 aliphatic heterocycles. The van der Waals surface area contributed by atoms with Gasteiger partial charge in [-0.3, -0.25) is 10.1 Å². The molecule has 0 radical (unpaired) electrons. The van der Waals surface area contributed by atoms with Crippen molar-refractivity contribution in [1.29, 1.82) is 0 Å². The van der Waals surface area contributed by atoms with Crippen LogP contribution < -0.4 is 4.74 Å². The van der Waals surface area contributed by atoms with Gasteiger partial charge in [-0.05, 0) is 28.4 Å². The summed E-state index contributed by atoms with van der Waals surface area (Å²) in [5.41, 5.74) is 0.0548. The molecule has 4 nitrogen and oxygen atoms in total. The number of non-ortho nitro benzene ring substituents is 1. The van der Waals surface area contributed by atoms with Crippen LogP contribution in [-0.2, 0) is 0 Å². The maximum atomic E-state index is 10.6. The second-order valence-electron chi connectivity index (χ2n) is 4.13. The molecule has 0 spiro atoms. The number of benzene rings is 1. The maximum Gasteiger partial charge on any atom is 0.273 e. The molecule has 0 saturated carbocycles. The van der Waals surface area contributed by atoms with E-state index in [-0.39, 0.29) is 5.69 Å². The molecule has 5 heteroatoms. The molecule has 1 rings (SSSR count). The predicted octanol–water partition coefficient (Wildman–Crippen LogP) is 4.71. The van der Waals surface area contributed by atoms with Crippen LogP contribution in [0.4, 0.5) is 5.69 Å². The molecule has 0 aromatic heterocycles. The van der Waals surface area contributed by atoms with Gasteiger partial charge in [0.15, 0.2) is 0 Å². The average molecular weight is 316 g/mol. The van der Waals surface area contributed by atoms with E-state index in [2.05, 4.69) is 22.9 Å². The molecule has 0 saturated heterocycles. The number of rotatable bonds is 8. The van der Waals surface area contributed by atoms with Crippen LogP contribution in [-0.4, -0.2) is 11.5 Å². The lowest BCUT2D eigenvalue weighted by Crippen LogP contribution is -1.99. The maximum absolute atomic E-state index is 10.6. The highest BCUT2D eigenvalue weighted by molar-refractivity contribution is 9.10. The summed E-state index contributed by atoms with van der Waals surface area (Å²) in [5.74, 6) is 0.541. The molecule has 18 heavy (non-hydrogen) atoms. The number of hydrogen-bond acceptors (Lipinski definition) is 3. The van der Waals surface area contributed by atoms with Crippen molar-refractivity contribution in [1.82, 2.24) is 0 Å². The highest BCUT2D eigenvalue weighted by atomic mass is 79.9. The Morgan fingerprint density at radius 2 is 2.00 bits per heavy atom. The van der Waals surface area contributed by atoms with Crippen molar-refractivity contribution in [3.63, 3.8) is 0 Å². The minimum absolute atomic E-state index is 0.0548. The highest BCUT2D eigenvalue weighted by Crippen LogP contribution is 2.29. The third kappa shape index (κ3) is 5.04. The SMILES string of the molecule is CCCCCCCOc1cc([N+](=O)[O-])ccc1Br. The monoisotopic (exact) mass is 315 g/mol. The number of halogens is 1. The van der Waals surface area contributed by atoms with Crippen molar-refractivity contribution in [2.24, 2.45) is 0 Å². The fraction of sp³-hybridized carbons (Fsp3) is 0.538. The van der Waals surface area contributed by atoms with Gasteiger partial charge in [0.1, 0.15) is 5.75 Å². The number of nitrogens with zero attached hydrogens (tertiary/aromatic N) is 1. The predicted molar refractivity (Wildman–Crippen MR) is 75.1 cm³/mol. The van der Waals surface area contributed by atoms with E-state index in [0.717, 1.165) is 17.3 Å². The van der Waals surface area contributed by atoms with Crippen molar-refractivity contribution >= 4 is 21.6 Å². The molecule has 1 aromatic carbocycles. The molecule has 0 heterocycles. The van der Waals surface area contributed by atoms with Crippen LogP contribution in [0.1, 0.15) is 39.0 Å². The van der Waals surface area contributed by atoms with E-state index in [1.54, 1.807) is 6.07 Å². The number of unbranched alkanes of at least 4 members (excludes halogenated alkanes) is 4. The minimum Gasteiger partial charge on any atom is -0.492 e. The third-order valence-electron chi connectivity index (χ3n) is 2.63. The standard InChI is InChI=1S/C13H18BrNO3/c1-2-3-4-5-6-9-18-13-10-11(15(16)17)7-8-12(13)14/h7-8,10H,2-6,9H2,1H3. The summed E-state index contributed by atoms with van der Waals surface area (Å²) in [4.78, 5) is 10.2. The summed E-state index contributed by atoms with van der Waals surface area (Å²) in [6.07, 6.45) is 5.81.